The number of aromatic nitrogens is 2. The van der Waals surface area contributed by atoms with Crippen LogP contribution in [-0.2, 0) is 16.1 Å². The molecule has 1 aromatic heterocycles. The van der Waals surface area contributed by atoms with Crippen molar-refractivity contribution in [2.45, 2.75) is 26.4 Å². The average Bonchev–Trinajstić information content (AvgIpc) is 3.35. The number of amides is 1. The minimum atomic E-state index is -0.536. The summed E-state index contributed by atoms with van der Waals surface area (Å²) in [4.78, 5) is 30.5. The lowest BCUT2D eigenvalue weighted by Crippen LogP contribution is -2.26. The van der Waals surface area contributed by atoms with Gasteiger partial charge in [-0.1, -0.05) is 41.6 Å². The molecular weight excluding hydrogens is 358 g/mol. The predicted molar refractivity (Wildman–Crippen MR) is 102 cm³/mol. The molecule has 0 spiro atoms. The van der Waals surface area contributed by atoms with Crippen molar-refractivity contribution in [3.63, 3.8) is 0 Å². The number of aryl methyl sites for hydroxylation is 1. The van der Waals surface area contributed by atoms with Gasteiger partial charge in [-0.3, -0.25) is 4.79 Å². The fraction of sp³-hybridized carbons (Fsp3) is 0.238. The molecule has 0 bridgehead atoms. The number of rotatable bonds is 5. The van der Waals surface area contributed by atoms with Crippen LogP contribution in [0.25, 0.3) is 11.4 Å². The highest BCUT2D eigenvalue weighted by Crippen LogP contribution is 2.26. The van der Waals surface area contributed by atoms with Gasteiger partial charge in [0.15, 0.2) is 6.61 Å². The van der Waals surface area contributed by atoms with E-state index in [0.717, 1.165) is 17.5 Å². The number of nitrogens with zero attached hydrogens (tertiary/aromatic N) is 3. The van der Waals surface area contributed by atoms with Gasteiger partial charge in [-0.05, 0) is 31.0 Å². The number of esters is 1. The second-order valence-electron chi connectivity index (χ2n) is 6.57. The van der Waals surface area contributed by atoms with Gasteiger partial charge in [0.1, 0.15) is 0 Å². The minimum absolute atomic E-state index is 0.0139. The molecule has 3 aromatic rings. The number of hydrogen-bond donors (Lipinski definition) is 0. The van der Waals surface area contributed by atoms with E-state index in [2.05, 4.69) is 10.1 Å². The van der Waals surface area contributed by atoms with Crippen molar-refractivity contribution in [1.82, 2.24) is 10.1 Å². The standard InChI is InChI=1S/C21H19N3O4/c1-14-7-2-3-8-15(14)20-22-18(28-23-20)13-27-21(26)16-9-4-5-10-17(16)24-12-6-11-19(24)25/h2-5,7-10H,6,11-13H2,1H3. The molecular formula is C21H19N3O4. The zero-order valence-corrected chi connectivity index (χ0v) is 15.4. The van der Waals surface area contributed by atoms with Crippen molar-refractivity contribution < 1.29 is 18.8 Å². The first-order valence-electron chi connectivity index (χ1n) is 9.08. The van der Waals surface area contributed by atoms with E-state index in [9.17, 15) is 9.59 Å². The molecule has 1 aliphatic heterocycles. The van der Waals surface area contributed by atoms with E-state index in [1.807, 2.05) is 31.2 Å². The van der Waals surface area contributed by atoms with Crippen LogP contribution in [0.1, 0.15) is 34.7 Å². The van der Waals surface area contributed by atoms with E-state index in [-0.39, 0.29) is 18.4 Å². The van der Waals surface area contributed by atoms with E-state index >= 15 is 0 Å². The summed E-state index contributed by atoms with van der Waals surface area (Å²) in [6, 6.07) is 14.6. The van der Waals surface area contributed by atoms with Crippen LogP contribution in [0.5, 0.6) is 0 Å². The molecule has 7 nitrogen and oxygen atoms in total. The topological polar surface area (TPSA) is 85.5 Å². The fourth-order valence-corrected chi connectivity index (χ4v) is 3.24. The van der Waals surface area contributed by atoms with Gasteiger partial charge in [-0.25, -0.2) is 4.79 Å². The Morgan fingerprint density at radius 1 is 1.18 bits per heavy atom. The van der Waals surface area contributed by atoms with Crippen LogP contribution in [0, 0.1) is 6.92 Å². The number of carbonyl (C=O) groups is 2. The van der Waals surface area contributed by atoms with Gasteiger partial charge in [0, 0.05) is 18.5 Å². The van der Waals surface area contributed by atoms with Gasteiger partial charge in [-0.2, -0.15) is 4.98 Å². The smallest absolute Gasteiger partial charge is 0.340 e. The number of para-hydroxylation sites is 1. The molecule has 0 aliphatic carbocycles. The van der Waals surface area contributed by atoms with Gasteiger partial charge in [0.2, 0.25) is 11.7 Å². The van der Waals surface area contributed by atoms with E-state index in [1.165, 1.54) is 0 Å². The van der Waals surface area contributed by atoms with Crippen molar-refractivity contribution in [1.29, 1.82) is 0 Å². The van der Waals surface area contributed by atoms with Gasteiger partial charge >= 0.3 is 5.97 Å². The first kappa shape index (κ1) is 17.9. The quantitative estimate of drug-likeness (QED) is 0.632. The van der Waals surface area contributed by atoms with E-state index in [1.54, 1.807) is 29.2 Å². The van der Waals surface area contributed by atoms with Crippen LogP contribution in [0.4, 0.5) is 5.69 Å². The lowest BCUT2D eigenvalue weighted by Gasteiger charge is -2.18. The predicted octanol–water partition coefficient (Wildman–Crippen LogP) is 3.53. The normalized spacial score (nSPS) is 13.8. The molecule has 142 valence electrons. The van der Waals surface area contributed by atoms with Crippen molar-refractivity contribution in [3.05, 3.63) is 65.5 Å². The molecule has 1 saturated heterocycles. The summed E-state index contributed by atoms with van der Waals surface area (Å²) in [5.74, 6) is 0.138. The third kappa shape index (κ3) is 3.51. The highest BCUT2D eigenvalue weighted by molar-refractivity contribution is 6.03. The lowest BCUT2D eigenvalue weighted by atomic mass is 10.1. The van der Waals surface area contributed by atoms with Crippen molar-refractivity contribution in [3.8, 4) is 11.4 Å². The van der Waals surface area contributed by atoms with Gasteiger partial charge in [-0.15, -0.1) is 0 Å². The van der Waals surface area contributed by atoms with Crippen molar-refractivity contribution in [2.75, 3.05) is 11.4 Å². The molecule has 2 heterocycles. The molecule has 1 aliphatic rings. The van der Waals surface area contributed by atoms with Crippen LogP contribution in [0.3, 0.4) is 0 Å². The fourth-order valence-electron chi connectivity index (χ4n) is 3.24. The molecule has 28 heavy (non-hydrogen) atoms. The molecule has 0 N–H and O–H groups in total. The Kier molecular flexibility index (Phi) is 4.89. The second kappa shape index (κ2) is 7.64. The zero-order chi connectivity index (χ0) is 19.5. The van der Waals surface area contributed by atoms with Crippen LogP contribution >= 0.6 is 0 Å². The highest BCUT2D eigenvalue weighted by Gasteiger charge is 2.26. The summed E-state index contributed by atoms with van der Waals surface area (Å²) >= 11 is 0. The van der Waals surface area contributed by atoms with E-state index < -0.39 is 5.97 Å². The van der Waals surface area contributed by atoms with Gasteiger partial charge < -0.3 is 14.2 Å². The van der Waals surface area contributed by atoms with Crippen molar-refractivity contribution >= 4 is 17.6 Å². The molecule has 1 amide bonds. The molecule has 0 unspecified atom stereocenters. The van der Waals surface area contributed by atoms with Crippen molar-refractivity contribution in [2.24, 2.45) is 0 Å². The maximum atomic E-state index is 12.6. The van der Waals surface area contributed by atoms with Gasteiger partial charge in [0.05, 0.1) is 11.3 Å². The SMILES string of the molecule is Cc1ccccc1-c1noc(COC(=O)c2ccccc2N2CCCC2=O)n1. The highest BCUT2D eigenvalue weighted by atomic mass is 16.6. The summed E-state index contributed by atoms with van der Waals surface area (Å²) in [7, 11) is 0. The molecule has 1 fully saturated rings. The molecule has 2 aromatic carbocycles. The van der Waals surface area contributed by atoms with Crippen LogP contribution < -0.4 is 4.90 Å². The average molecular weight is 377 g/mol. The molecule has 0 radical (unpaired) electrons. The first-order valence-corrected chi connectivity index (χ1v) is 9.08. The first-order chi connectivity index (χ1) is 13.6. The third-order valence-corrected chi connectivity index (χ3v) is 4.67. The summed E-state index contributed by atoms with van der Waals surface area (Å²) in [6.07, 6.45) is 1.28. The Morgan fingerprint density at radius 3 is 2.75 bits per heavy atom. The summed E-state index contributed by atoms with van der Waals surface area (Å²) in [5.41, 5.74) is 2.80. The van der Waals surface area contributed by atoms with Crippen LogP contribution in [0.15, 0.2) is 53.1 Å². The Hall–Kier alpha value is -3.48. The molecule has 4 rings (SSSR count). The molecule has 0 saturated carbocycles. The maximum Gasteiger partial charge on any atom is 0.340 e. The van der Waals surface area contributed by atoms with Crippen LogP contribution in [-0.4, -0.2) is 28.6 Å². The van der Waals surface area contributed by atoms with E-state index in [0.29, 0.717) is 30.0 Å². The number of benzene rings is 2. The summed E-state index contributed by atoms with van der Waals surface area (Å²) < 4.78 is 10.6. The number of ether oxygens (including phenoxy) is 1. The molecule has 7 heteroatoms. The van der Waals surface area contributed by atoms with Crippen LogP contribution in [0.2, 0.25) is 0 Å². The Balaban J connectivity index is 1.47. The maximum absolute atomic E-state index is 12.6. The Morgan fingerprint density at radius 2 is 1.96 bits per heavy atom. The Bertz CT molecular complexity index is 1030. The molecule has 0 atom stereocenters. The van der Waals surface area contributed by atoms with Gasteiger partial charge in [0.25, 0.3) is 5.89 Å². The summed E-state index contributed by atoms with van der Waals surface area (Å²) in [5, 5.41) is 3.96. The lowest BCUT2D eigenvalue weighted by molar-refractivity contribution is -0.117. The zero-order valence-electron chi connectivity index (χ0n) is 15.4. The number of carbonyl (C=O) groups excluding carboxylic acids is 2. The summed E-state index contributed by atoms with van der Waals surface area (Å²) in [6.45, 7) is 2.43. The monoisotopic (exact) mass is 377 g/mol. The largest absolute Gasteiger partial charge is 0.452 e. The third-order valence-electron chi connectivity index (χ3n) is 4.67. The van der Waals surface area contributed by atoms with E-state index in [4.69, 9.17) is 9.26 Å². The minimum Gasteiger partial charge on any atom is -0.452 e. The number of anilines is 1. The number of hydrogen-bond acceptors (Lipinski definition) is 6. The second-order valence-corrected chi connectivity index (χ2v) is 6.57. The Labute approximate surface area is 161 Å².